The van der Waals surface area contributed by atoms with Crippen LogP contribution in [0.4, 0.5) is 18.9 Å². The predicted molar refractivity (Wildman–Crippen MR) is 110 cm³/mol. The van der Waals surface area contributed by atoms with Crippen LogP contribution < -0.4 is 10.1 Å². The molecular formula is C22H20F3N3O5. The van der Waals surface area contributed by atoms with Crippen LogP contribution in [0.25, 0.3) is 0 Å². The first-order valence-corrected chi connectivity index (χ1v) is 9.90. The number of benzene rings is 2. The van der Waals surface area contributed by atoms with Crippen LogP contribution in [0.15, 0.2) is 48.5 Å². The standard InChI is InChI=1S/C22H20F3N3O5/c1-27(13-18(29)26-14-8-10-15(11-9-14)33-22(23,24)25)19(30)7-4-12-28-20(31)16-5-2-3-6-17(16)21(28)32/h2-3,5-6,8-11H,4,7,12-13H2,1H3,(H,26,29). The van der Waals surface area contributed by atoms with Gasteiger partial charge in [0.1, 0.15) is 5.75 Å². The van der Waals surface area contributed by atoms with Gasteiger partial charge in [-0.05, 0) is 42.8 Å². The van der Waals surface area contributed by atoms with Gasteiger partial charge < -0.3 is 15.0 Å². The Hall–Kier alpha value is -3.89. The van der Waals surface area contributed by atoms with Gasteiger partial charge in [-0.3, -0.25) is 24.1 Å². The van der Waals surface area contributed by atoms with E-state index in [-0.39, 0.29) is 37.5 Å². The van der Waals surface area contributed by atoms with Crippen molar-refractivity contribution in [2.24, 2.45) is 0 Å². The second-order valence-electron chi connectivity index (χ2n) is 7.28. The van der Waals surface area contributed by atoms with E-state index in [1.807, 2.05) is 0 Å². The van der Waals surface area contributed by atoms with Crippen LogP contribution in [-0.4, -0.2) is 59.9 Å². The third-order valence-electron chi connectivity index (χ3n) is 4.83. The zero-order valence-corrected chi connectivity index (χ0v) is 17.5. The maximum atomic E-state index is 12.3. The fourth-order valence-electron chi connectivity index (χ4n) is 3.27. The van der Waals surface area contributed by atoms with Crippen molar-refractivity contribution in [3.05, 3.63) is 59.7 Å². The van der Waals surface area contributed by atoms with E-state index in [1.54, 1.807) is 24.3 Å². The lowest BCUT2D eigenvalue weighted by Gasteiger charge is -2.18. The normalized spacial score (nSPS) is 13.0. The summed E-state index contributed by atoms with van der Waals surface area (Å²) < 4.78 is 40.3. The van der Waals surface area contributed by atoms with Crippen LogP contribution in [0, 0.1) is 0 Å². The van der Waals surface area contributed by atoms with Crippen molar-refractivity contribution in [2.75, 3.05) is 25.5 Å². The van der Waals surface area contributed by atoms with Gasteiger partial charge >= 0.3 is 6.36 Å². The lowest BCUT2D eigenvalue weighted by Crippen LogP contribution is -2.36. The van der Waals surface area contributed by atoms with E-state index in [0.717, 1.165) is 17.0 Å². The van der Waals surface area contributed by atoms with E-state index in [1.165, 1.54) is 24.1 Å². The Labute approximate surface area is 186 Å². The number of carbonyl (C=O) groups excluding carboxylic acids is 4. The number of rotatable bonds is 8. The van der Waals surface area contributed by atoms with Crippen LogP contribution in [0.1, 0.15) is 33.6 Å². The molecule has 0 radical (unpaired) electrons. The third-order valence-corrected chi connectivity index (χ3v) is 4.83. The number of amides is 4. The third kappa shape index (κ3) is 6.09. The number of hydrogen-bond acceptors (Lipinski definition) is 5. The zero-order valence-electron chi connectivity index (χ0n) is 17.5. The summed E-state index contributed by atoms with van der Waals surface area (Å²) in [6.45, 7) is -0.211. The minimum absolute atomic E-state index is 0.0145. The van der Waals surface area contributed by atoms with Crippen molar-refractivity contribution in [1.29, 1.82) is 0 Å². The molecule has 1 heterocycles. The molecule has 4 amide bonds. The fourth-order valence-corrected chi connectivity index (χ4v) is 3.27. The zero-order chi connectivity index (χ0) is 24.2. The molecule has 1 aliphatic rings. The smallest absolute Gasteiger partial charge is 0.406 e. The van der Waals surface area contributed by atoms with E-state index in [4.69, 9.17) is 0 Å². The van der Waals surface area contributed by atoms with E-state index in [9.17, 15) is 32.3 Å². The first kappa shape index (κ1) is 23.8. The van der Waals surface area contributed by atoms with Gasteiger partial charge in [-0.2, -0.15) is 0 Å². The molecule has 2 aromatic rings. The summed E-state index contributed by atoms with van der Waals surface area (Å²) in [5, 5.41) is 2.47. The molecule has 0 fully saturated rings. The number of likely N-dealkylation sites (N-methyl/N-ethyl adjacent to an activating group) is 1. The number of ether oxygens (including phenoxy) is 1. The Morgan fingerprint density at radius 2 is 1.58 bits per heavy atom. The highest BCUT2D eigenvalue weighted by Crippen LogP contribution is 2.24. The maximum absolute atomic E-state index is 12.3. The van der Waals surface area contributed by atoms with E-state index in [0.29, 0.717) is 11.1 Å². The average Bonchev–Trinajstić information content (AvgIpc) is 2.99. The lowest BCUT2D eigenvalue weighted by molar-refractivity contribution is -0.274. The second-order valence-corrected chi connectivity index (χ2v) is 7.28. The molecule has 8 nitrogen and oxygen atoms in total. The fraction of sp³-hybridized carbons (Fsp3) is 0.273. The number of nitrogens with zero attached hydrogens (tertiary/aromatic N) is 2. The lowest BCUT2D eigenvalue weighted by atomic mass is 10.1. The van der Waals surface area contributed by atoms with Crippen molar-refractivity contribution in [2.45, 2.75) is 19.2 Å². The number of hydrogen-bond donors (Lipinski definition) is 1. The van der Waals surface area contributed by atoms with Crippen LogP contribution >= 0.6 is 0 Å². The quantitative estimate of drug-likeness (QED) is 0.607. The van der Waals surface area contributed by atoms with E-state index in [2.05, 4.69) is 10.1 Å². The molecule has 0 aromatic heterocycles. The molecule has 0 saturated carbocycles. The summed E-state index contributed by atoms with van der Waals surface area (Å²) in [6.07, 6.45) is -4.56. The summed E-state index contributed by atoms with van der Waals surface area (Å²) in [4.78, 5) is 51.3. The average molecular weight is 463 g/mol. The molecule has 2 aromatic carbocycles. The van der Waals surface area contributed by atoms with E-state index >= 15 is 0 Å². The number of nitrogens with one attached hydrogen (secondary N) is 1. The number of fused-ring (bicyclic) bond motifs is 1. The number of anilines is 1. The molecule has 0 spiro atoms. The number of imide groups is 1. The highest BCUT2D eigenvalue weighted by Gasteiger charge is 2.34. The van der Waals surface area contributed by atoms with Crippen molar-refractivity contribution in [3.8, 4) is 5.75 Å². The topological polar surface area (TPSA) is 96.0 Å². The van der Waals surface area contributed by atoms with Gasteiger partial charge in [-0.15, -0.1) is 13.2 Å². The summed E-state index contributed by atoms with van der Waals surface area (Å²) in [6, 6.07) is 11.1. The largest absolute Gasteiger partial charge is 0.573 e. The number of halogens is 3. The Kier molecular flexibility index (Phi) is 7.00. The van der Waals surface area contributed by atoms with Crippen molar-refractivity contribution in [1.82, 2.24) is 9.80 Å². The first-order valence-electron chi connectivity index (χ1n) is 9.90. The number of alkyl halides is 3. The van der Waals surface area contributed by atoms with Gasteiger partial charge in [-0.25, -0.2) is 0 Å². The van der Waals surface area contributed by atoms with Gasteiger partial charge in [0, 0.05) is 25.7 Å². The molecule has 0 bridgehead atoms. The summed E-state index contributed by atoms with van der Waals surface area (Å²) in [7, 11) is 1.42. The molecule has 0 aliphatic carbocycles. The van der Waals surface area contributed by atoms with Crippen LogP contribution in [-0.2, 0) is 9.59 Å². The Balaban J connectivity index is 1.43. The van der Waals surface area contributed by atoms with Gasteiger partial charge in [0.2, 0.25) is 11.8 Å². The van der Waals surface area contributed by atoms with E-state index < -0.39 is 29.8 Å². The molecule has 33 heavy (non-hydrogen) atoms. The first-order chi connectivity index (χ1) is 15.5. The van der Waals surface area contributed by atoms with Crippen LogP contribution in [0.3, 0.4) is 0 Å². The van der Waals surface area contributed by atoms with Gasteiger partial charge in [0.05, 0.1) is 17.7 Å². The Bertz CT molecular complexity index is 1030. The van der Waals surface area contributed by atoms with Crippen LogP contribution in [0.5, 0.6) is 5.75 Å². The molecule has 11 heteroatoms. The maximum Gasteiger partial charge on any atom is 0.573 e. The minimum atomic E-state index is -4.81. The second kappa shape index (κ2) is 9.72. The van der Waals surface area contributed by atoms with Gasteiger partial charge in [-0.1, -0.05) is 12.1 Å². The van der Waals surface area contributed by atoms with Gasteiger partial charge in [0.25, 0.3) is 11.8 Å². The van der Waals surface area contributed by atoms with Crippen molar-refractivity contribution < 1.29 is 37.1 Å². The van der Waals surface area contributed by atoms with Crippen LogP contribution in [0.2, 0.25) is 0 Å². The molecule has 174 valence electrons. The molecular weight excluding hydrogens is 443 g/mol. The molecule has 1 aliphatic heterocycles. The van der Waals surface area contributed by atoms with Gasteiger partial charge in [0.15, 0.2) is 0 Å². The number of carbonyl (C=O) groups is 4. The molecule has 0 atom stereocenters. The Morgan fingerprint density at radius 3 is 2.12 bits per heavy atom. The SMILES string of the molecule is CN(CC(=O)Nc1ccc(OC(F)(F)F)cc1)C(=O)CCCN1C(=O)c2ccccc2C1=O. The molecule has 0 unspecified atom stereocenters. The molecule has 0 saturated heterocycles. The molecule has 1 N–H and O–H groups in total. The summed E-state index contributed by atoms with van der Waals surface area (Å²) in [5.41, 5.74) is 0.905. The van der Waals surface area contributed by atoms with Crippen molar-refractivity contribution >= 4 is 29.3 Å². The van der Waals surface area contributed by atoms with Crippen molar-refractivity contribution in [3.63, 3.8) is 0 Å². The monoisotopic (exact) mass is 463 g/mol. The summed E-state index contributed by atoms with van der Waals surface area (Å²) in [5.74, 6) is -2.14. The highest BCUT2D eigenvalue weighted by molar-refractivity contribution is 6.21. The minimum Gasteiger partial charge on any atom is -0.406 e. The Morgan fingerprint density at radius 1 is 1.00 bits per heavy atom. The highest BCUT2D eigenvalue weighted by atomic mass is 19.4. The molecule has 3 rings (SSSR count). The predicted octanol–water partition coefficient (Wildman–Crippen LogP) is 3.06. The summed E-state index contributed by atoms with van der Waals surface area (Å²) >= 11 is 0.